The summed E-state index contributed by atoms with van der Waals surface area (Å²) in [6, 6.07) is 0. The van der Waals surface area contributed by atoms with Crippen LogP contribution in [0.15, 0.2) is 6.20 Å². The Morgan fingerprint density at radius 2 is 1.95 bits per heavy atom. The van der Waals surface area contributed by atoms with Gasteiger partial charge >= 0.3 is 0 Å². The van der Waals surface area contributed by atoms with Gasteiger partial charge in [0, 0.05) is 16.8 Å². The molecule has 118 valence electrons. The number of aromatic nitrogens is 1. The molecule has 1 aromatic heterocycles. The topological polar surface area (TPSA) is 15.8 Å². The van der Waals surface area contributed by atoms with Crippen molar-refractivity contribution >= 4 is 11.6 Å². The Bertz CT molecular complexity index is 535. The van der Waals surface area contributed by atoms with Gasteiger partial charge in [-0.2, -0.15) is 0 Å². The summed E-state index contributed by atoms with van der Waals surface area (Å²) in [5, 5.41) is 3.02. The van der Waals surface area contributed by atoms with Crippen molar-refractivity contribution in [2.45, 2.75) is 90.9 Å². The Balaban J connectivity index is 2.27. The minimum absolute atomic E-state index is 0.743. The molecule has 0 spiro atoms. The number of aromatic amines is 1. The molecule has 0 bridgehead atoms. The summed E-state index contributed by atoms with van der Waals surface area (Å²) in [5.41, 5.74) is 3.34. The number of hydrogen-bond donors (Lipinski definition) is 1. The van der Waals surface area contributed by atoms with Crippen molar-refractivity contribution in [2.75, 3.05) is 0 Å². The molecule has 1 atom stereocenters. The highest BCUT2D eigenvalue weighted by Crippen LogP contribution is 2.24. The van der Waals surface area contributed by atoms with Gasteiger partial charge < -0.3 is 4.98 Å². The molecule has 21 heavy (non-hydrogen) atoms. The molecule has 1 aliphatic carbocycles. The summed E-state index contributed by atoms with van der Waals surface area (Å²) in [4.78, 5) is 3.55. The lowest BCUT2D eigenvalue weighted by Crippen LogP contribution is -2.31. The summed E-state index contributed by atoms with van der Waals surface area (Å²) in [6.07, 6.45) is 17.9. The summed E-state index contributed by atoms with van der Waals surface area (Å²) >= 11 is 0. The van der Waals surface area contributed by atoms with E-state index in [9.17, 15) is 0 Å². The van der Waals surface area contributed by atoms with Crippen molar-refractivity contribution in [1.82, 2.24) is 4.98 Å². The maximum absolute atomic E-state index is 3.55. The molecule has 0 aromatic carbocycles. The van der Waals surface area contributed by atoms with Crippen molar-refractivity contribution in [2.24, 2.45) is 0 Å². The van der Waals surface area contributed by atoms with E-state index in [-0.39, 0.29) is 0 Å². The standard InChI is InChI=1S/C20H33N/c1-4-7-8-9-12-17-13-10-14-19-20(17)18(15-21-19)16(6-3)11-5-2/h14-16,21H,4-13H2,1-3H3. The van der Waals surface area contributed by atoms with E-state index in [1.807, 2.05) is 0 Å². The van der Waals surface area contributed by atoms with Crippen molar-refractivity contribution in [1.29, 1.82) is 0 Å². The lowest BCUT2D eigenvalue weighted by Gasteiger charge is -2.16. The molecule has 0 amide bonds. The van der Waals surface area contributed by atoms with Gasteiger partial charge in [-0.15, -0.1) is 0 Å². The summed E-state index contributed by atoms with van der Waals surface area (Å²) in [7, 11) is 0. The van der Waals surface area contributed by atoms with Gasteiger partial charge in [0.05, 0.1) is 0 Å². The van der Waals surface area contributed by atoms with Crippen LogP contribution in [0.5, 0.6) is 0 Å². The van der Waals surface area contributed by atoms with E-state index in [2.05, 4.69) is 38.0 Å². The van der Waals surface area contributed by atoms with Crippen LogP contribution in [0.1, 0.15) is 96.5 Å². The highest BCUT2D eigenvalue weighted by Gasteiger charge is 2.15. The average molecular weight is 287 g/mol. The van der Waals surface area contributed by atoms with Gasteiger partial charge in [0.2, 0.25) is 0 Å². The van der Waals surface area contributed by atoms with E-state index in [0.29, 0.717) is 0 Å². The highest BCUT2D eigenvalue weighted by atomic mass is 14.7. The molecule has 1 nitrogen and oxygen atoms in total. The summed E-state index contributed by atoms with van der Waals surface area (Å²) in [5.74, 6) is 0.743. The Morgan fingerprint density at radius 3 is 2.67 bits per heavy atom. The molecule has 0 saturated carbocycles. The van der Waals surface area contributed by atoms with E-state index < -0.39 is 0 Å². The third-order valence-corrected chi connectivity index (χ3v) is 4.99. The number of fused-ring (bicyclic) bond motifs is 1. The van der Waals surface area contributed by atoms with E-state index >= 15 is 0 Å². The fourth-order valence-corrected chi connectivity index (χ4v) is 3.79. The molecule has 1 aromatic rings. The van der Waals surface area contributed by atoms with Crippen LogP contribution < -0.4 is 10.6 Å². The van der Waals surface area contributed by atoms with Crippen LogP contribution in [-0.2, 0) is 0 Å². The van der Waals surface area contributed by atoms with Gasteiger partial charge in [-0.3, -0.25) is 0 Å². The second-order valence-corrected chi connectivity index (χ2v) is 6.58. The first-order valence-electron chi connectivity index (χ1n) is 9.21. The Kier molecular flexibility index (Phi) is 6.60. The van der Waals surface area contributed by atoms with Gasteiger partial charge in [0.1, 0.15) is 0 Å². The predicted molar refractivity (Wildman–Crippen MR) is 93.8 cm³/mol. The number of unbranched alkanes of at least 4 members (excludes halogenated alkanes) is 3. The summed E-state index contributed by atoms with van der Waals surface area (Å²) < 4.78 is 0. The van der Waals surface area contributed by atoms with E-state index in [4.69, 9.17) is 0 Å². The van der Waals surface area contributed by atoms with Gasteiger partial charge in [0.15, 0.2) is 0 Å². The van der Waals surface area contributed by atoms with E-state index in [1.165, 1.54) is 69.6 Å². The Labute approximate surface area is 130 Å². The van der Waals surface area contributed by atoms with Crippen molar-refractivity contribution < 1.29 is 0 Å². The molecule has 1 heterocycles. The van der Waals surface area contributed by atoms with E-state index in [0.717, 1.165) is 5.92 Å². The average Bonchev–Trinajstić information content (AvgIpc) is 2.94. The largest absolute Gasteiger partial charge is 0.361 e. The molecular formula is C20H33N. The molecule has 1 heteroatoms. The SMILES string of the molecule is CCCCCCC1=c2c(C(CC)CCC)c[nH]c2=CCC1. The number of rotatable bonds is 9. The van der Waals surface area contributed by atoms with Gasteiger partial charge in [-0.1, -0.05) is 58.1 Å². The van der Waals surface area contributed by atoms with Gasteiger partial charge in [-0.25, -0.2) is 0 Å². The molecule has 0 saturated heterocycles. The third kappa shape index (κ3) is 4.02. The molecule has 0 fully saturated rings. The normalized spacial score (nSPS) is 15.7. The van der Waals surface area contributed by atoms with Crippen LogP contribution in [0.4, 0.5) is 0 Å². The zero-order valence-corrected chi connectivity index (χ0v) is 14.3. The molecule has 1 unspecified atom stereocenters. The monoisotopic (exact) mass is 287 g/mol. The molecular weight excluding hydrogens is 254 g/mol. The minimum Gasteiger partial charge on any atom is -0.361 e. The maximum atomic E-state index is 3.55. The van der Waals surface area contributed by atoms with E-state index in [1.54, 1.807) is 16.4 Å². The fraction of sp³-hybridized carbons (Fsp3) is 0.700. The minimum atomic E-state index is 0.743. The zero-order chi connectivity index (χ0) is 15.1. The number of hydrogen-bond acceptors (Lipinski definition) is 0. The van der Waals surface area contributed by atoms with Crippen molar-refractivity contribution in [3.05, 3.63) is 22.3 Å². The first-order chi connectivity index (χ1) is 10.3. The first-order valence-corrected chi connectivity index (χ1v) is 9.21. The number of H-pyrrole nitrogens is 1. The van der Waals surface area contributed by atoms with Crippen molar-refractivity contribution in [3.63, 3.8) is 0 Å². The zero-order valence-electron chi connectivity index (χ0n) is 14.3. The molecule has 0 radical (unpaired) electrons. The highest BCUT2D eigenvalue weighted by molar-refractivity contribution is 5.52. The molecule has 1 N–H and O–H groups in total. The third-order valence-electron chi connectivity index (χ3n) is 4.99. The van der Waals surface area contributed by atoms with Crippen LogP contribution in [0, 0.1) is 0 Å². The van der Waals surface area contributed by atoms with Crippen LogP contribution in [0.25, 0.3) is 11.6 Å². The van der Waals surface area contributed by atoms with Gasteiger partial charge in [-0.05, 0) is 50.0 Å². The van der Waals surface area contributed by atoms with Crippen LogP contribution in [0.2, 0.25) is 0 Å². The quantitative estimate of drug-likeness (QED) is 0.615. The fourth-order valence-electron chi connectivity index (χ4n) is 3.79. The smallest absolute Gasteiger partial charge is 0.0416 e. The predicted octanol–water partition coefficient (Wildman–Crippen LogP) is 5.00. The second kappa shape index (κ2) is 8.46. The maximum Gasteiger partial charge on any atom is 0.0416 e. The summed E-state index contributed by atoms with van der Waals surface area (Å²) in [6.45, 7) is 6.94. The number of nitrogens with one attached hydrogen (secondary N) is 1. The lowest BCUT2D eigenvalue weighted by molar-refractivity contribution is 0.593. The lowest BCUT2D eigenvalue weighted by atomic mass is 9.88. The Morgan fingerprint density at radius 1 is 1.10 bits per heavy atom. The first kappa shape index (κ1) is 16.4. The molecule has 1 aliphatic rings. The Hall–Kier alpha value is -0.980. The van der Waals surface area contributed by atoms with Crippen molar-refractivity contribution in [3.8, 4) is 0 Å². The van der Waals surface area contributed by atoms with Crippen LogP contribution >= 0.6 is 0 Å². The van der Waals surface area contributed by atoms with Gasteiger partial charge in [0.25, 0.3) is 0 Å². The second-order valence-electron chi connectivity index (χ2n) is 6.58. The van der Waals surface area contributed by atoms with Crippen LogP contribution in [-0.4, -0.2) is 4.98 Å². The van der Waals surface area contributed by atoms with Crippen LogP contribution in [0.3, 0.4) is 0 Å². The molecule has 2 rings (SSSR count). The molecule has 0 aliphatic heterocycles.